The average Bonchev–Trinajstić information content (AvgIpc) is 2.97. The summed E-state index contributed by atoms with van der Waals surface area (Å²) in [5.41, 5.74) is 0. The second-order valence-corrected chi connectivity index (χ2v) is 5.62. The van der Waals surface area contributed by atoms with Crippen LogP contribution in [0.4, 0.5) is 0 Å². The fourth-order valence-corrected chi connectivity index (χ4v) is 3.10. The number of nitrogens with zero attached hydrogens (tertiary/aromatic N) is 1. The van der Waals surface area contributed by atoms with Gasteiger partial charge < -0.3 is 10.1 Å². The first-order valence-electron chi connectivity index (χ1n) is 6.97. The van der Waals surface area contributed by atoms with Crippen molar-refractivity contribution in [1.29, 1.82) is 0 Å². The Balaban J connectivity index is 1.34. The molecule has 3 aliphatic rings. The van der Waals surface area contributed by atoms with Crippen molar-refractivity contribution in [2.75, 3.05) is 19.7 Å². The van der Waals surface area contributed by atoms with Gasteiger partial charge in [-0.15, -0.1) is 0 Å². The number of ether oxygens (including phenoxy) is 1. The molecule has 0 radical (unpaired) electrons. The van der Waals surface area contributed by atoms with Gasteiger partial charge in [0, 0.05) is 37.8 Å². The molecule has 2 aliphatic carbocycles. The minimum Gasteiger partial charge on any atom is -0.378 e. The van der Waals surface area contributed by atoms with Crippen LogP contribution < -0.4 is 5.32 Å². The fraction of sp³-hybridized carbons (Fsp3) is 1.00. The molecular weight excluding hydrogens is 200 g/mol. The zero-order valence-corrected chi connectivity index (χ0v) is 10.3. The molecule has 1 N–H and O–H groups in total. The third kappa shape index (κ3) is 2.41. The van der Waals surface area contributed by atoms with E-state index in [1.165, 1.54) is 45.2 Å². The van der Waals surface area contributed by atoms with E-state index in [9.17, 15) is 0 Å². The highest BCUT2D eigenvalue weighted by Crippen LogP contribution is 2.31. The molecule has 3 fully saturated rings. The van der Waals surface area contributed by atoms with Crippen molar-refractivity contribution in [1.82, 2.24) is 10.2 Å². The summed E-state index contributed by atoms with van der Waals surface area (Å²) in [7, 11) is 0. The monoisotopic (exact) mass is 224 g/mol. The van der Waals surface area contributed by atoms with E-state index in [1.807, 2.05) is 0 Å². The maximum absolute atomic E-state index is 5.59. The predicted molar refractivity (Wildman–Crippen MR) is 64.6 cm³/mol. The first kappa shape index (κ1) is 11.0. The molecule has 16 heavy (non-hydrogen) atoms. The van der Waals surface area contributed by atoms with Crippen molar-refractivity contribution in [3.05, 3.63) is 0 Å². The van der Waals surface area contributed by atoms with Crippen molar-refractivity contribution in [2.45, 2.75) is 63.3 Å². The average molecular weight is 224 g/mol. The Morgan fingerprint density at radius 2 is 2.00 bits per heavy atom. The van der Waals surface area contributed by atoms with E-state index in [2.05, 4.69) is 17.1 Å². The van der Waals surface area contributed by atoms with Crippen LogP contribution >= 0.6 is 0 Å². The number of likely N-dealkylation sites (tertiary alicyclic amines) is 1. The second-order valence-electron chi connectivity index (χ2n) is 5.62. The Bertz CT molecular complexity index is 236. The number of rotatable bonds is 5. The highest BCUT2D eigenvalue weighted by atomic mass is 16.5. The largest absolute Gasteiger partial charge is 0.378 e. The molecule has 1 unspecified atom stereocenters. The van der Waals surface area contributed by atoms with Gasteiger partial charge in [-0.1, -0.05) is 0 Å². The van der Waals surface area contributed by atoms with E-state index in [1.54, 1.807) is 0 Å². The normalized spacial score (nSPS) is 39.9. The van der Waals surface area contributed by atoms with Crippen LogP contribution in [0, 0.1) is 0 Å². The number of nitrogens with one attached hydrogen (secondary N) is 1. The summed E-state index contributed by atoms with van der Waals surface area (Å²) in [5.74, 6) is 0. The van der Waals surface area contributed by atoms with Gasteiger partial charge in [-0.25, -0.2) is 0 Å². The van der Waals surface area contributed by atoms with Crippen LogP contribution in [0.5, 0.6) is 0 Å². The molecule has 0 spiro atoms. The van der Waals surface area contributed by atoms with Crippen LogP contribution in [0.15, 0.2) is 0 Å². The van der Waals surface area contributed by atoms with Gasteiger partial charge in [0.1, 0.15) is 0 Å². The summed E-state index contributed by atoms with van der Waals surface area (Å²) in [6.07, 6.45) is 7.25. The SMILES string of the molecule is CCOC1CC(NC2CCN(C3CC3)C2)C1. The van der Waals surface area contributed by atoms with Crippen LogP contribution in [0.1, 0.15) is 39.0 Å². The summed E-state index contributed by atoms with van der Waals surface area (Å²) in [6.45, 7) is 5.58. The van der Waals surface area contributed by atoms with Gasteiger partial charge in [0.05, 0.1) is 6.10 Å². The van der Waals surface area contributed by atoms with Crippen molar-refractivity contribution < 1.29 is 4.74 Å². The van der Waals surface area contributed by atoms with E-state index in [4.69, 9.17) is 4.74 Å². The number of hydrogen-bond donors (Lipinski definition) is 1. The van der Waals surface area contributed by atoms with Crippen molar-refractivity contribution >= 4 is 0 Å². The Morgan fingerprint density at radius 3 is 2.69 bits per heavy atom. The topological polar surface area (TPSA) is 24.5 Å². The zero-order chi connectivity index (χ0) is 11.0. The lowest BCUT2D eigenvalue weighted by molar-refractivity contribution is -0.0121. The highest BCUT2D eigenvalue weighted by Gasteiger charge is 2.37. The Morgan fingerprint density at radius 1 is 1.19 bits per heavy atom. The molecule has 0 bridgehead atoms. The highest BCUT2D eigenvalue weighted by molar-refractivity contribution is 4.95. The van der Waals surface area contributed by atoms with Crippen LogP contribution in [-0.2, 0) is 4.74 Å². The molecule has 0 amide bonds. The van der Waals surface area contributed by atoms with E-state index in [-0.39, 0.29) is 0 Å². The first-order chi connectivity index (χ1) is 7.85. The summed E-state index contributed by atoms with van der Waals surface area (Å²) in [4.78, 5) is 2.68. The molecule has 2 saturated carbocycles. The van der Waals surface area contributed by atoms with E-state index < -0.39 is 0 Å². The quantitative estimate of drug-likeness (QED) is 0.763. The van der Waals surface area contributed by atoms with Crippen LogP contribution in [0.3, 0.4) is 0 Å². The first-order valence-corrected chi connectivity index (χ1v) is 6.97. The van der Waals surface area contributed by atoms with Crippen LogP contribution in [0.25, 0.3) is 0 Å². The van der Waals surface area contributed by atoms with Crippen molar-refractivity contribution in [2.24, 2.45) is 0 Å². The Labute approximate surface area is 98.5 Å². The van der Waals surface area contributed by atoms with Gasteiger partial charge in [-0.3, -0.25) is 4.90 Å². The standard InChI is InChI=1S/C13H24N2O/c1-2-16-13-7-11(8-13)14-10-5-6-15(9-10)12-3-4-12/h10-14H,2-9H2,1H3. The van der Waals surface area contributed by atoms with E-state index in [0.29, 0.717) is 6.10 Å². The third-order valence-corrected chi connectivity index (χ3v) is 4.25. The zero-order valence-electron chi connectivity index (χ0n) is 10.3. The molecule has 3 heteroatoms. The molecule has 0 aromatic heterocycles. The summed E-state index contributed by atoms with van der Waals surface area (Å²) in [6, 6.07) is 2.44. The smallest absolute Gasteiger partial charge is 0.0604 e. The second kappa shape index (κ2) is 4.63. The molecule has 3 rings (SSSR count). The molecular formula is C13H24N2O. The Kier molecular flexibility index (Phi) is 3.18. The van der Waals surface area contributed by atoms with Crippen molar-refractivity contribution in [3.63, 3.8) is 0 Å². The summed E-state index contributed by atoms with van der Waals surface area (Å²) < 4.78 is 5.59. The minimum atomic E-state index is 0.545. The maximum Gasteiger partial charge on any atom is 0.0604 e. The minimum absolute atomic E-state index is 0.545. The summed E-state index contributed by atoms with van der Waals surface area (Å²) >= 11 is 0. The van der Waals surface area contributed by atoms with Gasteiger partial charge >= 0.3 is 0 Å². The van der Waals surface area contributed by atoms with Gasteiger partial charge in [0.2, 0.25) is 0 Å². The van der Waals surface area contributed by atoms with Gasteiger partial charge in [0.15, 0.2) is 0 Å². The lowest BCUT2D eigenvalue weighted by Gasteiger charge is -2.37. The fourth-order valence-electron chi connectivity index (χ4n) is 3.10. The molecule has 1 heterocycles. The summed E-state index contributed by atoms with van der Waals surface area (Å²) in [5, 5.41) is 3.79. The van der Waals surface area contributed by atoms with Gasteiger partial charge in [-0.2, -0.15) is 0 Å². The van der Waals surface area contributed by atoms with Crippen LogP contribution in [0.2, 0.25) is 0 Å². The molecule has 1 atom stereocenters. The van der Waals surface area contributed by atoms with Crippen LogP contribution in [-0.4, -0.2) is 48.8 Å². The van der Waals surface area contributed by atoms with Gasteiger partial charge in [0.25, 0.3) is 0 Å². The van der Waals surface area contributed by atoms with E-state index >= 15 is 0 Å². The molecule has 0 aromatic rings. The molecule has 3 nitrogen and oxygen atoms in total. The predicted octanol–water partition coefficient (Wildman–Crippen LogP) is 1.38. The third-order valence-electron chi connectivity index (χ3n) is 4.25. The number of hydrogen-bond acceptors (Lipinski definition) is 3. The van der Waals surface area contributed by atoms with E-state index in [0.717, 1.165) is 24.7 Å². The van der Waals surface area contributed by atoms with Gasteiger partial charge in [-0.05, 0) is 39.0 Å². The molecule has 0 aromatic carbocycles. The maximum atomic E-state index is 5.59. The molecule has 1 saturated heterocycles. The Hall–Kier alpha value is -0.120. The lowest BCUT2D eigenvalue weighted by atomic mass is 9.88. The molecule has 92 valence electrons. The van der Waals surface area contributed by atoms with Crippen molar-refractivity contribution in [3.8, 4) is 0 Å². The lowest BCUT2D eigenvalue weighted by Crippen LogP contribution is -2.50. The molecule has 1 aliphatic heterocycles.